The summed E-state index contributed by atoms with van der Waals surface area (Å²) >= 11 is 3.77. The molecule has 3 aromatic rings. The molecule has 18 heavy (non-hydrogen) atoms. The number of thiol groups is 1. The highest BCUT2D eigenvalue weighted by Crippen LogP contribution is 2.51. The number of rotatable bonds is 4. The molecule has 0 nitrogen and oxygen atoms in total. The molecule has 0 aliphatic carbocycles. The van der Waals surface area contributed by atoms with Gasteiger partial charge in [-0.15, -0.1) is 22.7 Å². The van der Waals surface area contributed by atoms with Gasteiger partial charge in [-0.3, -0.25) is 0 Å². The Bertz CT molecular complexity index is 533. The minimum atomic E-state index is -0.216. The minimum absolute atomic E-state index is 0.216. The Morgan fingerprint density at radius 1 is 0.722 bits per heavy atom. The van der Waals surface area contributed by atoms with Crippen LogP contribution in [-0.4, -0.2) is 0 Å². The SMILES string of the molecule is c1ccc(C[SH](c2cccs2)c2cccs2)cc1. The first-order valence-electron chi connectivity index (χ1n) is 5.82. The van der Waals surface area contributed by atoms with Crippen molar-refractivity contribution in [2.45, 2.75) is 14.2 Å². The lowest BCUT2D eigenvalue weighted by Crippen LogP contribution is -1.87. The van der Waals surface area contributed by atoms with Crippen LogP contribution in [0.3, 0.4) is 0 Å². The van der Waals surface area contributed by atoms with Crippen LogP contribution in [0.2, 0.25) is 0 Å². The molecular weight excluding hydrogens is 276 g/mol. The third-order valence-electron chi connectivity index (χ3n) is 2.73. The van der Waals surface area contributed by atoms with Crippen molar-refractivity contribution in [2.24, 2.45) is 0 Å². The largest absolute Gasteiger partial charge is 0.178 e. The van der Waals surface area contributed by atoms with E-state index in [1.54, 1.807) is 0 Å². The summed E-state index contributed by atoms with van der Waals surface area (Å²) in [6.45, 7) is 0. The van der Waals surface area contributed by atoms with Gasteiger partial charge in [-0.2, -0.15) is 10.9 Å². The normalized spacial score (nSPS) is 11.4. The number of benzene rings is 1. The van der Waals surface area contributed by atoms with E-state index in [2.05, 4.69) is 65.4 Å². The zero-order valence-corrected chi connectivity index (χ0v) is 12.3. The number of hydrogen-bond donors (Lipinski definition) is 1. The maximum absolute atomic E-state index is 2.28. The van der Waals surface area contributed by atoms with Gasteiger partial charge < -0.3 is 0 Å². The van der Waals surface area contributed by atoms with Crippen LogP contribution in [0, 0.1) is 0 Å². The topological polar surface area (TPSA) is 0 Å². The summed E-state index contributed by atoms with van der Waals surface area (Å²) in [6, 6.07) is 19.7. The van der Waals surface area contributed by atoms with Gasteiger partial charge in [0.1, 0.15) is 0 Å². The Hall–Kier alpha value is -1.03. The lowest BCUT2D eigenvalue weighted by atomic mass is 10.2. The maximum Gasteiger partial charge on any atom is 0.0452 e. The van der Waals surface area contributed by atoms with Crippen LogP contribution >= 0.6 is 33.6 Å². The average Bonchev–Trinajstić information content (AvgIpc) is 3.11. The van der Waals surface area contributed by atoms with Crippen LogP contribution in [0.15, 0.2) is 73.8 Å². The molecule has 3 rings (SSSR count). The van der Waals surface area contributed by atoms with E-state index < -0.39 is 0 Å². The third-order valence-corrected chi connectivity index (χ3v) is 8.07. The monoisotopic (exact) mass is 290 g/mol. The first-order valence-corrected chi connectivity index (χ1v) is 9.10. The fourth-order valence-corrected chi connectivity index (χ4v) is 6.96. The zero-order valence-electron chi connectivity index (χ0n) is 9.82. The average molecular weight is 290 g/mol. The second-order valence-electron chi connectivity index (χ2n) is 3.97. The minimum Gasteiger partial charge on any atom is -0.178 e. The van der Waals surface area contributed by atoms with Crippen molar-refractivity contribution in [3.63, 3.8) is 0 Å². The molecule has 0 saturated heterocycles. The van der Waals surface area contributed by atoms with Crippen LogP contribution in [0.25, 0.3) is 0 Å². The summed E-state index contributed by atoms with van der Waals surface area (Å²) in [7, 11) is -0.216. The van der Waals surface area contributed by atoms with Crippen molar-refractivity contribution >= 4 is 33.6 Å². The summed E-state index contributed by atoms with van der Waals surface area (Å²) in [5.41, 5.74) is 1.44. The molecule has 1 aromatic carbocycles. The Balaban J connectivity index is 1.92. The highest BCUT2D eigenvalue weighted by atomic mass is 32.2. The van der Waals surface area contributed by atoms with E-state index in [0.717, 1.165) is 5.75 Å². The first kappa shape index (κ1) is 12.0. The molecule has 0 aliphatic rings. The van der Waals surface area contributed by atoms with Crippen molar-refractivity contribution in [1.82, 2.24) is 0 Å². The van der Waals surface area contributed by atoms with Crippen molar-refractivity contribution < 1.29 is 0 Å². The molecule has 0 aliphatic heterocycles. The van der Waals surface area contributed by atoms with E-state index in [0.29, 0.717) is 0 Å². The van der Waals surface area contributed by atoms with E-state index in [1.165, 1.54) is 14.0 Å². The van der Waals surface area contributed by atoms with Gasteiger partial charge in [-0.25, -0.2) is 0 Å². The van der Waals surface area contributed by atoms with Gasteiger partial charge in [0.05, 0.1) is 0 Å². The summed E-state index contributed by atoms with van der Waals surface area (Å²) in [5.74, 6) is 1.15. The summed E-state index contributed by atoms with van der Waals surface area (Å²) in [5, 5.41) is 4.37. The summed E-state index contributed by atoms with van der Waals surface area (Å²) < 4.78 is 3.05. The summed E-state index contributed by atoms with van der Waals surface area (Å²) in [6.07, 6.45) is 0. The highest BCUT2D eigenvalue weighted by Gasteiger charge is 2.12. The molecule has 0 N–H and O–H groups in total. The van der Waals surface area contributed by atoms with Crippen molar-refractivity contribution in [2.75, 3.05) is 0 Å². The molecule has 3 heteroatoms. The Morgan fingerprint density at radius 2 is 1.33 bits per heavy atom. The molecule has 0 fully saturated rings. The van der Waals surface area contributed by atoms with Crippen LogP contribution in [0.4, 0.5) is 0 Å². The lowest BCUT2D eigenvalue weighted by Gasteiger charge is -2.18. The number of hydrogen-bond acceptors (Lipinski definition) is 2. The second-order valence-corrected chi connectivity index (χ2v) is 8.61. The highest BCUT2D eigenvalue weighted by molar-refractivity contribution is 8.19. The smallest absolute Gasteiger partial charge is 0.0452 e. The van der Waals surface area contributed by atoms with Gasteiger partial charge >= 0.3 is 0 Å². The Labute approximate surface area is 118 Å². The fraction of sp³-hybridized carbons (Fsp3) is 0.0667. The van der Waals surface area contributed by atoms with E-state index >= 15 is 0 Å². The Kier molecular flexibility index (Phi) is 3.84. The van der Waals surface area contributed by atoms with Crippen LogP contribution in [0.1, 0.15) is 5.56 Å². The van der Waals surface area contributed by atoms with Crippen LogP contribution in [0.5, 0.6) is 0 Å². The predicted octanol–water partition coefficient (Wildman–Crippen LogP) is 5.43. The fourth-order valence-electron chi connectivity index (χ4n) is 1.88. The number of thiophene rings is 2. The second kappa shape index (κ2) is 5.74. The molecule has 2 heterocycles. The Morgan fingerprint density at radius 3 is 1.83 bits per heavy atom. The van der Waals surface area contributed by atoms with Crippen LogP contribution < -0.4 is 0 Å². The van der Waals surface area contributed by atoms with E-state index in [1.807, 2.05) is 22.7 Å². The van der Waals surface area contributed by atoms with Gasteiger partial charge in [0, 0.05) is 14.2 Å². The molecule has 92 valence electrons. The molecular formula is C15H14S3. The summed E-state index contributed by atoms with van der Waals surface area (Å²) in [4.78, 5) is 0. The van der Waals surface area contributed by atoms with Gasteiger partial charge in [-0.1, -0.05) is 42.5 Å². The zero-order chi connectivity index (χ0) is 12.2. The van der Waals surface area contributed by atoms with Gasteiger partial charge in [0.2, 0.25) is 0 Å². The van der Waals surface area contributed by atoms with E-state index in [-0.39, 0.29) is 10.9 Å². The predicted molar refractivity (Wildman–Crippen MR) is 84.3 cm³/mol. The molecule has 0 bridgehead atoms. The van der Waals surface area contributed by atoms with Crippen molar-refractivity contribution in [3.05, 3.63) is 70.9 Å². The lowest BCUT2D eigenvalue weighted by molar-refractivity contribution is 1.38. The van der Waals surface area contributed by atoms with Gasteiger partial charge in [-0.05, 0) is 28.5 Å². The quantitative estimate of drug-likeness (QED) is 0.609. The van der Waals surface area contributed by atoms with Gasteiger partial charge in [0.15, 0.2) is 0 Å². The first-order chi connectivity index (χ1) is 8.93. The molecule has 0 unspecified atom stereocenters. The van der Waals surface area contributed by atoms with E-state index in [4.69, 9.17) is 0 Å². The van der Waals surface area contributed by atoms with Crippen molar-refractivity contribution in [1.29, 1.82) is 0 Å². The molecule has 0 spiro atoms. The third kappa shape index (κ3) is 2.69. The van der Waals surface area contributed by atoms with Crippen molar-refractivity contribution in [3.8, 4) is 0 Å². The maximum atomic E-state index is 2.28. The molecule has 2 aromatic heterocycles. The standard InChI is InChI=1S/C15H14S3/c1-2-6-13(7-3-1)12-18(14-8-4-10-16-14)15-9-5-11-17-15/h1-11,18H,12H2. The molecule has 0 amide bonds. The molecule has 0 saturated carbocycles. The van der Waals surface area contributed by atoms with E-state index in [9.17, 15) is 0 Å². The molecule has 0 atom stereocenters. The molecule has 0 radical (unpaired) electrons. The van der Waals surface area contributed by atoms with Gasteiger partial charge in [0.25, 0.3) is 0 Å². The van der Waals surface area contributed by atoms with Crippen LogP contribution in [-0.2, 0) is 5.75 Å².